The van der Waals surface area contributed by atoms with Crippen molar-refractivity contribution >= 4 is 5.69 Å². The highest BCUT2D eigenvalue weighted by molar-refractivity contribution is 5.41. The van der Waals surface area contributed by atoms with Gasteiger partial charge < -0.3 is 10.6 Å². The third-order valence-electron chi connectivity index (χ3n) is 3.80. The zero-order chi connectivity index (χ0) is 15.2. The van der Waals surface area contributed by atoms with Gasteiger partial charge in [0.15, 0.2) is 0 Å². The molecule has 0 spiro atoms. The summed E-state index contributed by atoms with van der Waals surface area (Å²) in [7, 11) is 1.95. The molecule has 0 aromatic carbocycles. The Hall–Kier alpha value is -1.36. The Morgan fingerprint density at radius 1 is 1.40 bits per heavy atom. The number of nitrogens with zero attached hydrogens (tertiary/aromatic N) is 3. The standard InChI is InChI=1S/C15H28N4O/c1-5-18(4)13-10-14(20)19(17-11-13)9-7-6-8-15(2,3)12-16/h10-11H,5-9,12,16H2,1-4H3. The number of unbranched alkanes of at least 4 members (excludes halogenated alkanes) is 1. The van der Waals surface area contributed by atoms with Gasteiger partial charge in [-0.1, -0.05) is 20.3 Å². The first-order valence-corrected chi connectivity index (χ1v) is 7.38. The van der Waals surface area contributed by atoms with Crippen LogP contribution in [0.3, 0.4) is 0 Å². The van der Waals surface area contributed by atoms with Gasteiger partial charge in [0.05, 0.1) is 11.9 Å². The highest BCUT2D eigenvalue weighted by atomic mass is 16.1. The van der Waals surface area contributed by atoms with Crippen LogP contribution in [0.25, 0.3) is 0 Å². The van der Waals surface area contributed by atoms with Gasteiger partial charge >= 0.3 is 0 Å². The van der Waals surface area contributed by atoms with Crippen molar-refractivity contribution in [1.82, 2.24) is 9.78 Å². The van der Waals surface area contributed by atoms with Gasteiger partial charge in [-0.2, -0.15) is 5.10 Å². The summed E-state index contributed by atoms with van der Waals surface area (Å²) in [6.07, 6.45) is 4.86. The molecule has 0 radical (unpaired) electrons. The minimum absolute atomic E-state index is 0.0270. The van der Waals surface area contributed by atoms with Crippen molar-refractivity contribution < 1.29 is 0 Å². The maximum Gasteiger partial charge on any atom is 0.268 e. The molecule has 20 heavy (non-hydrogen) atoms. The molecule has 0 amide bonds. The van der Waals surface area contributed by atoms with Crippen LogP contribution < -0.4 is 16.2 Å². The molecule has 0 aliphatic carbocycles. The van der Waals surface area contributed by atoms with Crippen molar-refractivity contribution in [2.24, 2.45) is 11.1 Å². The van der Waals surface area contributed by atoms with Crippen molar-refractivity contribution in [3.05, 3.63) is 22.6 Å². The van der Waals surface area contributed by atoms with Gasteiger partial charge in [0, 0.05) is 26.2 Å². The molecule has 5 heteroatoms. The number of aryl methyl sites for hydroxylation is 1. The molecule has 114 valence electrons. The summed E-state index contributed by atoms with van der Waals surface area (Å²) < 4.78 is 1.54. The Bertz CT molecular complexity index is 467. The highest BCUT2D eigenvalue weighted by Gasteiger charge is 2.14. The molecule has 5 nitrogen and oxygen atoms in total. The first-order chi connectivity index (χ1) is 9.39. The first-order valence-electron chi connectivity index (χ1n) is 7.38. The molecule has 0 aliphatic rings. The lowest BCUT2D eigenvalue weighted by atomic mass is 9.87. The summed E-state index contributed by atoms with van der Waals surface area (Å²) in [6.45, 7) is 8.63. The van der Waals surface area contributed by atoms with Gasteiger partial charge in [-0.3, -0.25) is 4.79 Å². The summed E-state index contributed by atoms with van der Waals surface area (Å²) >= 11 is 0. The van der Waals surface area contributed by atoms with Crippen LogP contribution >= 0.6 is 0 Å². The van der Waals surface area contributed by atoms with Crippen LogP contribution in [0.2, 0.25) is 0 Å². The average molecular weight is 280 g/mol. The Morgan fingerprint density at radius 3 is 2.65 bits per heavy atom. The molecular formula is C15H28N4O. The molecule has 0 saturated heterocycles. The van der Waals surface area contributed by atoms with Gasteiger partial charge in [0.1, 0.15) is 0 Å². The monoisotopic (exact) mass is 280 g/mol. The fraction of sp³-hybridized carbons (Fsp3) is 0.733. The van der Waals surface area contributed by atoms with Crippen molar-refractivity contribution in [3.63, 3.8) is 0 Å². The van der Waals surface area contributed by atoms with Gasteiger partial charge in [0.25, 0.3) is 5.56 Å². The predicted molar refractivity (Wildman–Crippen MR) is 84.1 cm³/mol. The van der Waals surface area contributed by atoms with E-state index in [0.29, 0.717) is 13.1 Å². The van der Waals surface area contributed by atoms with E-state index in [1.54, 1.807) is 16.9 Å². The zero-order valence-electron chi connectivity index (χ0n) is 13.2. The van der Waals surface area contributed by atoms with E-state index in [1.807, 2.05) is 18.9 Å². The number of anilines is 1. The molecule has 0 saturated carbocycles. The van der Waals surface area contributed by atoms with E-state index < -0.39 is 0 Å². The summed E-state index contributed by atoms with van der Waals surface area (Å²) in [5.41, 5.74) is 6.74. The molecule has 0 bridgehead atoms. The average Bonchev–Trinajstić information content (AvgIpc) is 2.44. The Kier molecular flexibility index (Phi) is 6.20. The van der Waals surface area contributed by atoms with Crippen LogP contribution in [0.4, 0.5) is 5.69 Å². The number of nitrogens with two attached hydrogens (primary N) is 1. The maximum atomic E-state index is 12.0. The maximum absolute atomic E-state index is 12.0. The second-order valence-corrected chi connectivity index (χ2v) is 6.11. The number of hydrogen-bond acceptors (Lipinski definition) is 4. The number of rotatable bonds is 8. The minimum atomic E-state index is -0.0270. The molecule has 1 heterocycles. The fourth-order valence-corrected chi connectivity index (χ4v) is 1.95. The Morgan fingerprint density at radius 2 is 2.10 bits per heavy atom. The predicted octanol–water partition coefficient (Wildman–Crippen LogP) is 1.85. The van der Waals surface area contributed by atoms with Gasteiger partial charge in [-0.05, 0) is 31.7 Å². The largest absolute Gasteiger partial charge is 0.373 e. The Labute approximate surface area is 121 Å². The molecule has 0 atom stereocenters. The third-order valence-corrected chi connectivity index (χ3v) is 3.80. The zero-order valence-corrected chi connectivity index (χ0v) is 13.2. The van der Waals surface area contributed by atoms with Crippen molar-refractivity contribution in [2.45, 2.75) is 46.6 Å². The minimum Gasteiger partial charge on any atom is -0.373 e. The van der Waals surface area contributed by atoms with E-state index in [9.17, 15) is 4.79 Å². The second-order valence-electron chi connectivity index (χ2n) is 6.11. The quantitative estimate of drug-likeness (QED) is 0.738. The van der Waals surface area contributed by atoms with Crippen LogP contribution in [-0.2, 0) is 6.54 Å². The van der Waals surface area contributed by atoms with Crippen molar-refractivity contribution in [1.29, 1.82) is 0 Å². The Balaban J connectivity index is 2.51. The number of hydrogen-bond donors (Lipinski definition) is 1. The van der Waals surface area contributed by atoms with Crippen LogP contribution in [0.1, 0.15) is 40.0 Å². The van der Waals surface area contributed by atoms with E-state index in [4.69, 9.17) is 5.73 Å². The van der Waals surface area contributed by atoms with Gasteiger partial charge in [0.2, 0.25) is 0 Å². The number of aromatic nitrogens is 2. The van der Waals surface area contributed by atoms with E-state index in [1.165, 1.54) is 0 Å². The topological polar surface area (TPSA) is 64.2 Å². The van der Waals surface area contributed by atoms with Crippen LogP contribution in [0.5, 0.6) is 0 Å². The fourth-order valence-electron chi connectivity index (χ4n) is 1.95. The van der Waals surface area contributed by atoms with Crippen LogP contribution in [0.15, 0.2) is 17.1 Å². The van der Waals surface area contributed by atoms with E-state index in [2.05, 4.69) is 18.9 Å². The third kappa shape index (κ3) is 4.96. The van der Waals surface area contributed by atoms with E-state index in [0.717, 1.165) is 31.5 Å². The molecule has 0 unspecified atom stereocenters. The lowest BCUT2D eigenvalue weighted by Gasteiger charge is -2.21. The normalized spacial score (nSPS) is 11.7. The van der Waals surface area contributed by atoms with E-state index in [-0.39, 0.29) is 11.0 Å². The lowest BCUT2D eigenvalue weighted by molar-refractivity contribution is 0.326. The van der Waals surface area contributed by atoms with Gasteiger partial charge in [-0.25, -0.2) is 4.68 Å². The van der Waals surface area contributed by atoms with Crippen LogP contribution in [-0.4, -0.2) is 29.9 Å². The molecular weight excluding hydrogens is 252 g/mol. The molecule has 2 N–H and O–H groups in total. The van der Waals surface area contributed by atoms with E-state index >= 15 is 0 Å². The molecule has 0 fully saturated rings. The first kappa shape index (κ1) is 16.7. The summed E-state index contributed by atoms with van der Waals surface area (Å²) in [4.78, 5) is 14.0. The van der Waals surface area contributed by atoms with Crippen molar-refractivity contribution in [3.8, 4) is 0 Å². The lowest BCUT2D eigenvalue weighted by Crippen LogP contribution is -2.26. The molecule has 0 aliphatic heterocycles. The molecule has 1 aromatic rings. The highest BCUT2D eigenvalue weighted by Crippen LogP contribution is 2.21. The molecule has 1 rings (SSSR count). The van der Waals surface area contributed by atoms with Crippen molar-refractivity contribution in [2.75, 3.05) is 25.0 Å². The van der Waals surface area contributed by atoms with Crippen LogP contribution in [0, 0.1) is 5.41 Å². The molecule has 1 aromatic heterocycles. The smallest absolute Gasteiger partial charge is 0.268 e. The summed E-state index contributed by atoms with van der Waals surface area (Å²) in [5.74, 6) is 0. The van der Waals surface area contributed by atoms with Gasteiger partial charge in [-0.15, -0.1) is 0 Å². The second kappa shape index (κ2) is 7.43. The SMILES string of the molecule is CCN(C)c1cnn(CCCCC(C)(C)CN)c(=O)c1. The summed E-state index contributed by atoms with van der Waals surface area (Å²) in [5, 5.41) is 4.24. The summed E-state index contributed by atoms with van der Waals surface area (Å²) in [6, 6.07) is 1.65.